The zero-order valence-corrected chi connectivity index (χ0v) is 12.0. The third-order valence-corrected chi connectivity index (χ3v) is 2.98. The summed E-state index contributed by atoms with van der Waals surface area (Å²) in [5, 5.41) is 0. The number of esters is 2. The van der Waals surface area contributed by atoms with Crippen molar-refractivity contribution in [3.8, 4) is 0 Å². The summed E-state index contributed by atoms with van der Waals surface area (Å²) in [5.41, 5.74) is 0. The minimum Gasteiger partial charge on any atom is -0.465 e. The van der Waals surface area contributed by atoms with Gasteiger partial charge in [-0.25, -0.2) is 0 Å². The summed E-state index contributed by atoms with van der Waals surface area (Å²) in [6, 6.07) is 0. The Hall–Kier alpha value is -1.06. The van der Waals surface area contributed by atoms with E-state index in [1.54, 1.807) is 0 Å². The standard InChI is InChI=1S/C14H26O4/c1-5-11(3)9-17-13(15)7-8-14(16)18-10-12(4)6-2/h11-12H,5-10H2,1-4H3/t11-,12-/m1/s1. The lowest BCUT2D eigenvalue weighted by molar-refractivity contribution is -0.151. The van der Waals surface area contributed by atoms with E-state index in [-0.39, 0.29) is 24.8 Å². The summed E-state index contributed by atoms with van der Waals surface area (Å²) in [6.07, 6.45) is 2.17. The second-order valence-corrected chi connectivity index (χ2v) is 4.89. The molecule has 0 saturated heterocycles. The Bertz CT molecular complexity index is 224. The van der Waals surface area contributed by atoms with Crippen LogP contribution >= 0.6 is 0 Å². The molecule has 0 aromatic rings. The van der Waals surface area contributed by atoms with Gasteiger partial charge >= 0.3 is 11.9 Å². The van der Waals surface area contributed by atoms with Gasteiger partial charge in [-0.2, -0.15) is 0 Å². The van der Waals surface area contributed by atoms with Crippen molar-refractivity contribution in [3.63, 3.8) is 0 Å². The maximum atomic E-state index is 11.3. The molecule has 18 heavy (non-hydrogen) atoms. The second-order valence-electron chi connectivity index (χ2n) is 4.89. The Morgan fingerprint density at radius 2 is 1.17 bits per heavy atom. The molecule has 0 aromatic heterocycles. The van der Waals surface area contributed by atoms with Gasteiger partial charge in [-0.1, -0.05) is 40.5 Å². The lowest BCUT2D eigenvalue weighted by atomic mass is 10.1. The van der Waals surface area contributed by atoms with E-state index in [0.717, 1.165) is 12.8 Å². The number of carbonyl (C=O) groups excluding carboxylic acids is 2. The van der Waals surface area contributed by atoms with Gasteiger partial charge in [-0.05, 0) is 11.8 Å². The van der Waals surface area contributed by atoms with Crippen molar-refractivity contribution < 1.29 is 19.1 Å². The average Bonchev–Trinajstić information content (AvgIpc) is 2.39. The third kappa shape index (κ3) is 9.02. The molecule has 0 N–H and O–H groups in total. The van der Waals surface area contributed by atoms with Crippen LogP contribution < -0.4 is 0 Å². The highest BCUT2D eigenvalue weighted by Crippen LogP contribution is 2.05. The predicted octanol–water partition coefficient (Wildman–Crippen LogP) is 2.95. The molecule has 0 aliphatic heterocycles. The van der Waals surface area contributed by atoms with Crippen molar-refractivity contribution in [2.45, 2.75) is 53.4 Å². The topological polar surface area (TPSA) is 52.6 Å². The SMILES string of the molecule is CC[C@@H](C)COC(=O)CCC(=O)OC[C@H](C)CC. The number of hydrogen-bond acceptors (Lipinski definition) is 4. The lowest BCUT2D eigenvalue weighted by Crippen LogP contribution is -2.15. The van der Waals surface area contributed by atoms with Crippen molar-refractivity contribution in [2.75, 3.05) is 13.2 Å². The molecular weight excluding hydrogens is 232 g/mol. The quantitative estimate of drug-likeness (QED) is 0.597. The number of hydrogen-bond donors (Lipinski definition) is 0. The van der Waals surface area contributed by atoms with E-state index in [9.17, 15) is 9.59 Å². The smallest absolute Gasteiger partial charge is 0.306 e. The average molecular weight is 258 g/mol. The van der Waals surface area contributed by atoms with Crippen LogP contribution in [-0.2, 0) is 19.1 Å². The van der Waals surface area contributed by atoms with Crippen LogP contribution in [-0.4, -0.2) is 25.2 Å². The minimum atomic E-state index is -0.323. The lowest BCUT2D eigenvalue weighted by Gasteiger charge is -2.10. The van der Waals surface area contributed by atoms with E-state index < -0.39 is 0 Å². The predicted molar refractivity (Wildman–Crippen MR) is 70.1 cm³/mol. The zero-order valence-electron chi connectivity index (χ0n) is 12.0. The summed E-state index contributed by atoms with van der Waals surface area (Å²) in [5.74, 6) is 0.0872. The van der Waals surface area contributed by atoms with Crippen LogP contribution in [0.2, 0.25) is 0 Å². The molecule has 106 valence electrons. The van der Waals surface area contributed by atoms with Crippen molar-refractivity contribution in [2.24, 2.45) is 11.8 Å². The Labute approximate surface area is 110 Å². The molecular formula is C14H26O4. The van der Waals surface area contributed by atoms with Gasteiger partial charge in [0.2, 0.25) is 0 Å². The number of ether oxygens (including phenoxy) is 2. The first-order valence-corrected chi connectivity index (χ1v) is 6.80. The van der Waals surface area contributed by atoms with E-state index in [0.29, 0.717) is 25.0 Å². The first kappa shape index (κ1) is 16.9. The Kier molecular flexibility index (Phi) is 9.33. The maximum absolute atomic E-state index is 11.3. The van der Waals surface area contributed by atoms with Crippen LogP contribution in [0.5, 0.6) is 0 Å². The fourth-order valence-corrected chi connectivity index (χ4v) is 1.05. The fraction of sp³-hybridized carbons (Fsp3) is 0.857. The van der Waals surface area contributed by atoms with E-state index >= 15 is 0 Å². The summed E-state index contributed by atoms with van der Waals surface area (Å²) in [7, 11) is 0. The van der Waals surface area contributed by atoms with E-state index in [1.807, 2.05) is 27.7 Å². The highest BCUT2D eigenvalue weighted by Gasteiger charge is 2.11. The Morgan fingerprint density at radius 1 is 0.833 bits per heavy atom. The van der Waals surface area contributed by atoms with Gasteiger partial charge in [-0.15, -0.1) is 0 Å². The molecule has 0 aromatic carbocycles. The molecule has 0 rings (SSSR count). The number of rotatable bonds is 9. The summed E-state index contributed by atoms with van der Waals surface area (Å²) < 4.78 is 10.1. The first-order chi connectivity index (χ1) is 8.49. The molecule has 0 unspecified atom stereocenters. The van der Waals surface area contributed by atoms with Crippen LogP contribution in [0.3, 0.4) is 0 Å². The Balaban J connectivity index is 3.62. The van der Waals surface area contributed by atoms with Gasteiger partial charge in [0.1, 0.15) is 0 Å². The normalized spacial score (nSPS) is 13.8. The van der Waals surface area contributed by atoms with Gasteiger partial charge in [-0.3, -0.25) is 9.59 Å². The first-order valence-electron chi connectivity index (χ1n) is 6.80. The van der Waals surface area contributed by atoms with Crippen molar-refractivity contribution in [3.05, 3.63) is 0 Å². The molecule has 4 heteroatoms. The molecule has 0 amide bonds. The molecule has 0 fully saturated rings. The Morgan fingerprint density at radius 3 is 1.44 bits per heavy atom. The van der Waals surface area contributed by atoms with Crippen LogP contribution in [0.4, 0.5) is 0 Å². The van der Waals surface area contributed by atoms with E-state index in [4.69, 9.17) is 9.47 Å². The highest BCUT2D eigenvalue weighted by atomic mass is 16.5. The molecule has 0 aliphatic carbocycles. The van der Waals surface area contributed by atoms with Crippen molar-refractivity contribution in [1.29, 1.82) is 0 Å². The van der Waals surface area contributed by atoms with E-state index in [1.165, 1.54) is 0 Å². The van der Waals surface area contributed by atoms with Crippen molar-refractivity contribution >= 4 is 11.9 Å². The number of carbonyl (C=O) groups is 2. The van der Waals surface area contributed by atoms with Crippen LogP contribution in [0.1, 0.15) is 53.4 Å². The van der Waals surface area contributed by atoms with Crippen molar-refractivity contribution in [1.82, 2.24) is 0 Å². The fourth-order valence-electron chi connectivity index (χ4n) is 1.05. The van der Waals surface area contributed by atoms with Gasteiger partial charge in [0.05, 0.1) is 26.1 Å². The van der Waals surface area contributed by atoms with Crippen LogP contribution in [0.25, 0.3) is 0 Å². The third-order valence-electron chi connectivity index (χ3n) is 2.98. The van der Waals surface area contributed by atoms with Crippen LogP contribution in [0.15, 0.2) is 0 Å². The van der Waals surface area contributed by atoms with Gasteiger partial charge in [0.15, 0.2) is 0 Å². The maximum Gasteiger partial charge on any atom is 0.306 e. The van der Waals surface area contributed by atoms with Gasteiger partial charge in [0.25, 0.3) is 0 Å². The highest BCUT2D eigenvalue weighted by molar-refractivity contribution is 5.77. The minimum absolute atomic E-state index is 0.107. The summed E-state index contributed by atoms with van der Waals surface area (Å²) >= 11 is 0. The molecule has 0 heterocycles. The summed E-state index contributed by atoms with van der Waals surface area (Å²) in [4.78, 5) is 22.7. The second kappa shape index (κ2) is 9.92. The molecule has 2 atom stereocenters. The molecule has 0 bridgehead atoms. The van der Waals surface area contributed by atoms with E-state index in [2.05, 4.69) is 0 Å². The molecule has 4 nitrogen and oxygen atoms in total. The van der Waals surface area contributed by atoms with Gasteiger partial charge in [0, 0.05) is 0 Å². The monoisotopic (exact) mass is 258 g/mol. The molecule has 0 aliphatic rings. The molecule has 0 radical (unpaired) electrons. The zero-order chi connectivity index (χ0) is 14.0. The summed E-state index contributed by atoms with van der Waals surface area (Å²) in [6.45, 7) is 8.99. The molecule has 0 saturated carbocycles. The van der Waals surface area contributed by atoms with Crippen LogP contribution in [0, 0.1) is 11.8 Å². The largest absolute Gasteiger partial charge is 0.465 e. The molecule has 0 spiro atoms. The van der Waals surface area contributed by atoms with Gasteiger partial charge < -0.3 is 9.47 Å².